The van der Waals surface area contributed by atoms with E-state index in [0.717, 1.165) is 45.6 Å². The third kappa shape index (κ3) is 6.19. The maximum absolute atomic E-state index is 13.1. The first-order valence-corrected chi connectivity index (χ1v) is 11.2. The molecule has 2 amide bonds. The number of halogens is 1. The van der Waals surface area contributed by atoms with Crippen molar-refractivity contribution in [3.63, 3.8) is 0 Å². The molecule has 160 valence electrons. The minimum atomic E-state index is -0.0823. The van der Waals surface area contributed by atoms with Crippen LogP contribution in [0.3, 0.4) is 0 Å². The molecule has 0 radical (unpaired) electrons. The molecule has 2 heterocycles. The quantitative estimate of drug-likeness (QED) is 0.746. The molecule has 2 saturated heterocycles. The molecule has 0 unspecified atom stereocenters. The fourth-order valence-corrected chi connectivity index (χ4v) is 4.21. The van der Waals surface area contributed by atoms with Crippen LogP contribution in [-0.4, -0.2) is 72.3 Å². The lowest BCUT2D eigenvalue weighted by Crippen LogP contribution is -2.53. The first kappa shape index (κ1) is 22.1. The smallest absolute Gasteiger partial charge is 0.253 e. The zero-order valence-corrected chi connectivity index (χ0v) is 18.7. The van der Waals surface area contributed by atoms with E-state index >= 15 is 0 Å². The van der Waals surface area contributed by atoms with E-state index in [1.165, 1.54) is 6.42 Å². The average Bonchev–Trinajstić information content (AvgIpc) is 2.72. The Morgan fingerprint density at radius 3 is 2.28 bits per heavy atom. The van der Waals surface area contributed by atoms with Crippen molar-refractivity contribution in [2.45, 2.75) is 40.0 Å². The largest absolute Gasteiger partial charge is 0.340 e. The van der Waals surface area contributed by atoms with Gasteiger partial charge >= 0.3 is 0 Å². The van der Waals surface area contributed by atoms with Crippen molar-refractivity contribution in [3.8, 4) is 0 Å². The molecule has 5 nitrogen and oxygen atoms in total. The van der Waals surface area contributed by atoms with Crippen LogP contribution in [0.5, 0.6) is 0 Å². The molecule has 6 heteroatoms. The molecule has 0 aromatic heterocycles. The second kappa shape index (κ2) is 9.48. The topological polar surface area (TPSA) is 43.9 Å². The Bertz CT molecular complexity index is 706. The highest BCUT2D eigenvalue weighted by Crippen LogP contribution is 2.23. The number of benzene rings is 1. The molecule has 1 aromatic carbocycles. The summed E-state index contributed by atoms with van der Waals surface area (Å²) in [5.74, 6) is 0.126. The summed E-state index contributed by atoms with van der Waals surface area (Å²) in [5, 5.41) is 0.620. The number of nitrogens with zero attached hydrogens (tertiary/aromatic N) is 3. The molecular formula is C23H34ClN3O2. The molecule has 2 aliphatic heterocycles. The van der Waals surface area contributed by atoms with Gasteiger partial charge in [-0.1, -0.05) is 32.4 Å². The molecule has 29 heavy (non-hydrogen) atoms. The predicted octanol–water partition coefficient (Wildman–Crippen LogP) is 3.77. The molecule has 2 aliphatic rings. The molecular weight excluding hydrogens is 386 g/mol. The molecule has 0 N–H and O–H groups in total. The Labute approximate surface area is 180 Å². The van der Waals surface area contributed by atoms with Gasteiger partial charge in [-0.05, 0) is 55.5 Å². The zero-order chi connectivity index (χ0) is 21.0. The van der Waals surface area contributed by atoms with E-state index in [-0.39, 0.29) is 17.7 Å². The lowest BCUT2D eigenvalue weighted by molar-refractivity contribution is -0.138. The van der Waals surface area contributed by atoms with Crippen LogP contribution in [0.2, 0.25) is 5.02 Å². The van der Waals surface area contributed by atoms with E-state index in [9.17, 15) is 9.59 Å². The van der Waals surface area contributed by atoms with E-state index in [1.807, 2.05) is 9.80 Å². The molecule has 0 spiro atoms. The van der Waals surface area contributed by atoms with Gasteiger partial charge in [0.2, 0.25) is 5.91 Å². The van der Waals surface area contributed by atoms with Crippen LogP contribution in [0.4, 0.5) is 0 Å². The number of piperidine rings is 1. The maximum Gasteiger partial charge on any atom is 0.253 e. The highest BCUT2D eigenvalue weighted by molar-refractivity contribution is 6.30. The number of hydrogen-bond acceptors (Lipinski definition) is 3. The summed E-state index contributed by atoms with van der Waals surface area (Å²) in [7, 11) is 0. The lowest BCUT2D eigenvalue weighted by Gasteiger charge is -2.39. The highest BCUT2D eigenvalue weighted by atomic mass is 35.5. The number of carbonyl (C=O) groups excluding carboxylic acids is 2. The average molecular weight is 420 g/mol. The van der Waals surface area contributed by atoms with E-state index < -0.39 is 0 Å². The van der Waals surface area contributed by atoms with Crippen molar-refractivity contribution in [2.24, 2.45) is 11.3 Å². The Balaban J connectivity index is 1.51. The Hall–Kier alpha value is -1.59. The fraction of sp³-hybridized carbons (Fsp3) is 0.652. The van der Waals surface area contributed by atoms with Gasteiger partial charge in [0.25, 0.3) is 5.91 Å². The molecule has 0 aliphatic carbocycles. The molecule has 2 fully saturated rings. The van der Waals surface area contributed by atoms with Gasteiger partial charge in [-0.25, -0.2) is 0 Å². The number of rotatable bonds is 4. The minimum absolute atomic E-state index is 0.00818. The van der Waals surface area contributed by atoms with Crippen molar-refractivity contribution in [2.75, 3.05) is 45.8 Å². The van der Waals surface area contributed by atoms with Crippen molar-refractivity contribution in [1.82, 2.24) is 14.7 Å². The van der Waals surface area contributed by atoms with Gasteiger partial charge in [0, 0.05) is 49.9 Å². The van der Waals surface area contributed by atoms with Gasteiger partial charge < -0.3 is 9.80 Å². The fourth-order valence-electron chi connectivity index (χ4n) is 4.08. The van der Waals surface area contributed by atoms with Crippen molar-refractivity contribution in [1.29, 1.82) is 0 Å². The summed E-state index contributed by atoms with van der Waals surface area (Å²) in [4.78, 5) is 32.2. The molecule has 1 atom stereocenters. The van der Waals surface area contributed by atoms with Crippen LogP contribution in [-0.2, 0) is 4.79 Å². The molecule has 3 rings (SSSR count). The van der Waals surface area contributed by atoms with Gasteiger partial charge in [-0.3, -0.25) is 14.5 Å². The summed E-state index contributed by atoms with van der Waals surface area (Å²) in [6.45, 7) is 12.6. The number of carbonyl (C=O) groups is 2. The summed E-state index contributed by atoms with van der Waals surface area (Å²) in [6, 6.07) is 6.99. The molecule has 1 aromatic rings. The predicted molar refractivity (Wildman–Crippen MR) is 117 cm³/mol. The second-order valence-corrected chi connectivity index (χ2v) is 10.0. The Morgan fingerprint density at radius 1 is 1.00 bits per heavy atom. The van der Waals surface area contributed by atoms with Crippen LogP contribution in [0.1, 0.15) is 50.4 Å². The van der Waals surface area contributed by atoms with Gasteiger partial charge in [-0.2, -0.15) is 0 Å². The van der Waals surface area contributed by atoms with Gasteiger partial charge in [0.05, 0.1) is 5.92 Å². The SMILES string of the molecule is CC(C)(C)CCN1CCN(C(=O)[C@H]2CCCN(C(=O)c3ccc(Cl)cc3)C2)CC1. The Kier molecular flexibility index (Phi) is 7.23. The highest BCUT2D eigenvalue weighted by Gasteiger charge is 2.33. The van der Waals surface area contributed by atoms with Crippen LogP contribution >= 0.6 is 11.6 Å². The van der Waals surface area contributed by atoms with E-state index in [4.69, 9.17) is 11.6 Å². The summed E-state index contributed by atoms with van der Waals surface area (Å²) < 4.78 is 0. The number of amides is 2. The number of hydrogen-bond donors (Lipinski definition) is 0. The number of piperazine rings is 1. The summed E-state index contributed by atoms with van der Waals surface area (Å²) in [5.41, 5.74) is 0.977. The Morgan fingerprint density at radius 2 is 1.66 bits per heavy atom. The lowest BCUT2D eigenvalue weighted by atomic mass is 9.92. The monoisotopic (exact) mass is 419 g/mol. The maximum atomic E-state index is 13.1. The molecule has 0 bridgehead atoms. The second-order valence-electron chi connectivity index (χ2n) is 9.57. The zero-order valence-electron chi connectivity index (χ0n) is 18.0. The first-order chi connectivity index (χ1) is 13.7. The van der Waals surface area contributed by atoms with Crippen molar-refractivity contribution < 1.29 is 9.59 Å². The minimum Gasteiger partial charge on any atom is -0.340 e. The third-order valence-electron chi connectivity index (χ3n) is 6.01. The van der Waals surface area contributed by atoms with Gasteiger partial charge in [-0.15, -0.1) is 0 Å². The van der Waals surface area contributed by atoms with Gasteiger partial charge in [0.1, 0.15) is 0 Å². The van der Waals surface area contributed by atoms with E-state index in [0.29, 0.717) is 29.1 Å². The third-order valence-corrected chi connectivity index (χ3v) is 6.26. The normalized spacial score (nSPS) is 21.3. The van der Waals surface area contributed by atoms with Gasteiger partial charge in [0.15, 0.2) is 0 Å². The standard InChI is InChI=1S/C23H34ClN3O2/c1-23(2,3)10-12-25-13-15-26(16-14-25)22(29)19-5-4-11-27(17-19)21(28)18-6-8-20(24)9-7-18/h6-9,19H,4-5,10-17H2,1-3H3/t19-/m0/s1. The molecule has 0 saturated carbocycles. The van der Waals surface area contributed by atoms with Crippen LogP contribution in [0.25, 0.3) is 0 Å². The van der Waals surface area contributed by atoms with Crippen molar-refractivity contribution in [3.05, 3.63) is 34.9 Å². The van der Waals surface area contributed by atoms with Crippen LogP contribution in [0.15, 0.2) is 24.3 Å². The van der Waals surface area contributed by atoms with Crippen LogP contribution < -0.4 is 0 Å². The van der Waals surface area contributed by atoms with Crippen molar-refractivity contribution >= 4 is 23.4 Å². The van der Waals surface area contributed by atoms with E-state index in [1.54, 1.807) is 24.3 Å². The summed E-state index contributed by atoms with van der Waals surface area (Å²) >= 11 is 5.93. The number of likely N-dealkylation sites (tertiary alicyclic amines) is 1. The van der Waals surface area contributed by atoms with E-state index in [2.05, 4.69) is 25.7 Å². The van der Waals surface area contributed by atoms with Crippen LogP contribution in [0, 0.1) is 11.3 Å². The summed E-state index contributed by atoms with van der Waals surface area (Å²) in [6.07, 6.45) is 2.92. The first-order valence-electron chi connectivity index (χ1n) is 10.8.